The monoisotopic (exact) mass is 470 g/mol. The second-order valence-electron chi connectivity index (χ2n) is 7.85. The van der Waals surface area contributed by atoms with E-state index in [1.54, 1.807) is 0 Å². The molecule has 32 heavy (non-hydrogen) atoms. The first-order valence-corrected chi connectivity index (χ1v) is 12.3. The van der Waals surface area contributed by atoms with Gasteiger partial charge in [-0.3, -0.25) is 4.79 Å². The third kappa shape index (κ3) is 6.42. The number of sulfonamides is 1. The van der Waals surface area contributed by atoms with Crippen LogP contribution in [0.1, 0.15) is 30.9 Å². The van der Waals surface area contributed by atoms with E-state index in [9.17, 15) is 13.2 Å². The Morgan fingerprint density at radius 1 is 0.938 bits per heavy atom. The van der Waals surface area contributed by atoms with Crippen molar-refractivity contribution in [2.24, 2.45) is 0 Å². The lowest BCUT2D eigenvalue weighted by Gasteiger charge is -2.22. The number of benzene rings is 3. The van der Waals surface area contributed by atoms with E-state index in [-0.39, 0.29) is 18.0 Å². The summed E-state index contributed by atoms with van der Waals surface area (Å²) in [7, 11) is -3.88. The minimum atomic E-state index is -3.88. The Morgan fingerprint density at radius 2 is 1.56 bits per heavy atom. The van der Waals surface area contributed by atoms with Crippen molar-refractivity contribution < 1.29 is 13.2 Å². The van der Waals surface area contributed by atoms with E-state index in [0.717, 1.165) is 11.1 Å². The van der Waals surface area contributed by atoms with Gasteiger partial charge in [0.25, 0.3) is 0 Å². The van der Waals surface area contributed by atoms with Gasteiger partial charge in [0.05, 0.1) is 11.4 Å². The number of amides is 1. The normalized spacial score (nSPS) is 11.7. The molecule has 0 spiro atoms. The Kier molecular flexibility index (Phi) is 8.07. The lowest BCUT2D eigenvalue weighted by Crippen LogP contribution is -2.39. The topological polar surface area (TPSA) is 66.5 Å². The summed E-state index contributed by atoms with van der Waals surface area (Å²) in [4.78, 5) is 12.8. The van der Waals surface area contributed by atoms with Gasteiger partial charge >= 0.3 is 0 Å². The molecule has 0 bridgehead atoms. The lowest BCUT2D eigenvalue weighted by atomic mass is 10.0. The number of anilines is 1. The molecule has 0 aliphatic rings. The fourth-order valence-electron chi connectivity index (χ4n) is 3.25. The van der Waals surface area contributed by atoms with Gasteiger partial charge in [0, 0.05) is 17.3 Å². The van der Waals surface area contributed by atoms with Crippen LogP contribution in [0, 0.1) is 0 Å². The molecule has 7 heteroatoms. The van der Waals surface area contributed by atoms with E-state index >= 15 is 0 Å². The second-order valence-corrected chi connectivity index (χ2v) is 10.2. The summed E-state index contributed by atoms with van der Waals surface area (Å²) in [6, 6.07) is 23.1. The van der Waals surface area contributed by atoms with Gasteiger partial charge in [-0.05, 0) is 59.9 Å². The van der Waals surface area contributed by atoms with Crippen LogP contribution in [0.5, 0.6) is 0 Å². The molecular weight excluding hydrogens is 444 g/mol. The highest BCUT2D eigenvalue weighted by molar-refractivity contribution is 7.89. The van der Waals surface area contributed by atoms with Gasteiger partial charge in [-0.1, -0.05) is 67.9 Å². The van der Waals surface area contributed by atoms with Crippen LogP contribution in [0.25, 0.3) is 0 Å². The minimum Gasteiger partial charge on any atom is -0.325 e. The van der Waals surface area contributed by atoms with Crippen LogP contribution in [0.3, 0.4) is 0 Å². The molecule has 0 radical (unpaired) electrons. The molecule has 0 saturated heterocycles. The first-order valence-electron chi connectivity index (χ1n) is 10.4. The molecule has 0 atom stereocenters. The molecule has 0 fully saturated rings. The van der Waals surface area contributed by atoms with Crippen molar-refractivity contribution in [3.8, 4) is 0 Å². The smallest absolute Gasteiger partial charge is 0.243 e. The Labute approximate surface area is 195 Å². The number of carbonyl (C=O) groups is 1. The maximum atomic E-state index is 13.3. The van der Waals surface area contributed by atoms with Gasteiger partial charge in [0.15, 0.2) is 0 Å². The highest BCUT2D eigenvalue weighted by atomic mass is 35.5. The predicted molar refractivity (Wildman–Crippen MR) is 130 cm³/mol. The average Bonchev–Trinajstić information content (AvgIpc) is 2.78. The first kappa shape index (κ1) is 24.0. The van der Waals surface area contributed by atoms with Crippen LogP contribution >= 0.6 is 11.6 Å². The van der Waals surface area contributed by atoms with Crippen LogP contribution < -0.4 is 5.32 Å². The van der Waals surface area contributed by atoms with Gasteiger partial charge in [-0.2, -0.15) is 4.31 Å². The lowest BCUT2D eigenvalue weighted by molar-refractivity contribution is -0.116. The van der Waals surface area contributed by atoms with Crippen LogP contribution in [-0.2, 0) is 21.2 Å². The average molecular weight is 471 g/mol. The first-order chi connectivity index (χ1) is 15.3. The third-order valence-electron chi connectivity index (χ3n) is 5.13. The van der Waals surface area contributed by atoms with Crippen LogP contribution in [0.2, 0.25) is 5.02 Å². The van der Waals surface area contributed by atoms with Gasteiger partial charge in [0.2, 0.25) is 15.9 Å². The van der Waals surface area contributed by atoms with Crippen LogP contribution in [0.15, 0.2) is 83.8 Å². The van der Waals surface area contributed by atoms with Crippen LogP contribution in [-0.4, -0.2) is 31.7 Å². The quantitative estimate of drug-likeness (QED) is 0.459. The van der Waals surface area contributed by atoms with Crippen molar-refractivity contribution in [2.45, 2.75) is 31.1 Å². The molecule has 0 aliphatic carbocycles. The Hall–Kier alpha value is -2.67. The number of rotatable bonds is 9. The molecule has 5 nitrogen and oxygen atoms in total. The van der Waals surface area contributed by atoms with Crippen molar-refractivity contribution in [3.63, 3.8) is 0 Å². The molecule has 3 aromatic carbocycles. The second kappa shape index (κ2) is 10.8. The zero-order valence-electron chi connectivity index (χ0n) is 18.2. The van der Waals surface area contributed by atoms with Crippen molar-refractivity contribution in [2.75, 3.05) is 18.4 Å². The van der Waals surface area contributed by atoms with Crippen molar-refractivity contribution in [1.29, 1.82) is 0 Å². The number of halogens is 1. The van der Waals surface area contributed by atoms with Crippen molar-refractivity contribution in [3.05, 3.63) is 95.0 Å². The predicted octanol–water partition coefficient (Wildman–Crippen LogP) is 5.34. The summed E-state index contributed by atoms with van der Waals surface area (Å²) >= 11 is 5.92. The van der Waals surface area contributed by atoms with E-state index in [1.165, 1.54) is 28.6 Å². The largest absolute Gasteiger partial charge is 0.325 e. The standard InChI is InChI=1S/C25H27ClN2O3S/c1-19(2)21-8-12-23(13-9-21)27-25(29)18-28(17-16-20-6-4-3-5-7-20)32(30,31)24-14-10-22(26)11-15-24/h3-15,19H,16-18H2,1-2H3,(H,27,29). The Bertz CT molecular complexity index is 1130. The minimum absolute atomic E-state index is 0.101. The molecule has 3 aromatic rings. The van der Waals surface area contributed by atoms with Gasteiger partial charge in [0.1, 0.15) is 0 Å². The SMILES string of the molecule is CC(C)c1ccc(NC(=O)CN(CCc2ccccc2)S(=O)(=O)c2ccc(Cl)cc2)cc1. The fraction of sp³-hybridized carbons (Fsp3) is 0.240. The molecule has 0 unspecified atom stereocenters. The number of nitrogens with zero attached hydrogens (tertiary/aromatic N) is 1. The number of nitrogens with one attached hydrogen (secondary N) is 1. The fourth-order valence-corrected chi connectivity index (χ4v) is 4.77. The molecule has 0 aliphatic heterocycles. The summed E-state index contributed by atoms with van der Waals surface area (Å²) in [5.74, 6) is -0.00866. The third-order valence-corrected chi connectivity index (χ3v) is 7.24. The van der Waals surface area contributed by atoms with E-state index in [1.807, 2.05) is 54.6 Å². The summed E-state index contributed by atoms with van der Waals surface area (Å²) < 4.78 is 27.8. The van der Waals surface area contributed by atoms with Gasteiger partial charge in [-0.15, -0.1) is 0 Å². The van der Waals surface area contributed by atoms with Gasteiger partial charge < -0.3 is 5.32 Å². The summed E-state index contributed by atoms with van der Waals surface area (Å²) in [5.41, 5.74) is 2.79. The summed E-state index contributed by atoms with van der Waals surface area (Å²) in [5, 5.41) is 3.25. The Morgan fingerprint density at radius 3 is 2.16 bits per heavy atom. The zero-order chi connectivity index (χ0) is 23.1. The highest BCUT2D eigenvalue weighted by Gasteiger charge is 2.26. The molecular formula is C25H27ClN2O3S. The maximum absolute atomic E-state index is 13.3. The molecule has 3 rings (SSSR count). The number of hydrogen-bond acceptors (Lipinski definition) is 3. The van der Waals surface area contributed by atoms with E-state index < -0.39 is 15.9 Å². The summed E-state index contributed by atoms with van der Waals surface area (Å²) in [6.45, 7) is 4.08. The molecule has 0 saturated carbocycles. The molecule has 0 aromatic heterocycles. The van der Waals surface area contributed by atoms with E-state index in [0.29, 0.717) is 23.0 Å². The van der Waals surface area contributed by atoms with Crippen LogP contribution in [0.4, 0.5) is 5.69 Å². The van der Waals surface area contributed by atoms with Gasteiger partial charge in [-0.25, -0.2) is 8.42 Å². The zero-order valence-corrected chi connectivity index (χ0v) is 19.7. The highest BCUT2D eigenvalue weighted by Crippen LogP contribution is 2.20. The van der Waals surface area contributed by atoms with Crippen molar-refractivity contribution >= 4 is 33.2 Å². The molecule has 168 valence electrons. The maximum Gasteiger partial charge on any atom is 0.243 e. The number of carbonyl (C=O) groups excluding carboxylic acids is 1. The molecule has 1 N–H and O–H groups in total. The van der Waals surface area contributed by atoms with E-state index in [4.69, 9.17) is 11.6 Å². The summed E-state index contributed by atoms with van der Waals surface area (Å²) in [6.07, 6.45) is 0.490. The van der Waals surface area contributed by atoms with Crippen molar-refractivity contribution in [1.82, 2.24) is 4.31 Å². The van der Waals surface area contributed by atoms with E-state index in [2.05, 4.69) is 19.2 Å². The number of hydrogen-bond donors (Lipinski definition) is 1. The molecule has 1 amide bonds. The molecule has 0 heterocycles. The Balaban J connectivity index is 1.77.